The van der Waals surface area contributed by atoms with Crippen molar-refractivity contribution in [2.45, 2.75) is 31.1 Å². The lowest BCUT2D eigenvalue weighted by Gasteiger charge is -2.19. The van der Waals surface area contributed by atoms with E-state index in [1.165, 1.54) is 0 Å². The fourth-order valence-corrected chi connectivity index (χ4v) is 4.48. The van der Waals surface area contributed by atoms with Crippen molar-refractivity contribution >= 4 is 31.7 Å². The molecule has 0 bridgehead atoms. The molecule has 0 heterocycles. The highest BCUT2D eigenvalue weighted by atomic mass is 32.2. The zero-order chi connectivity index (χ0) is 19.9. The molecular formula is C24H22O3S. The van der Waals surface area contributed by atoms with E-state index in [9.17, 15) is 8.42 Å². The molecule has 4 rings (SSSR count). The third-order valence-corrected chi connectivity index (χ3v) is 6.21. The van der Waals surface area contributed by atoms with Crippen LogP contribution in [0.15, 0.2) is 83.8 Å². The highest BCUT2D eigenvalue weighted by Crippen LogP contribution is 2.30. The van der Waals surface area contributed by atoms with Crippen molar-refractivity contribution in [1.29, 1.82) is 0 Å². The molecule has 0 unspecified atom stereocenters. The van der Waals surface area contributed by atoms with Crippen molar-refractivity contribution in [3.63, 3.8) is 0 Å². The van der Waals surface area contributed by atoms with Crippen LogP contribution in [-0.2, 0) is 15.5 Å². The zero-order valence-corrected chi connectivity index (χ0v) is 17.0. The van der Waals surface area contributed by atoms with Gasteiger partial charge in [0.25, 0.3) is 0 Å². The first-order valence-electron chi connectivity index (χ1n) is 9.21. The maximum atomic E-state index is 13.0. The topological polar surface area (TPSA) is 43.4 Å². The van der Waals surface area contributed by atoms with E-state index in [0.29, 0.717) is 11.1 Å². The summed E-state index contributed by atoms with van der Waals surface area (Å²) < 4.78 is 31.5. The van der Waals surface area contributed by atoms with E-state index in [1.54, 1.807) is 24.3 Å². The molecule has 0 atom stereocenters. The van der Waals surface area contributed by atoms with Gasteiger partial charge in [0.15, 0.2) is 0 Å². The Morgan fingerprint density at radius 2 is 1.32 bits per heavy atom. The van der Waals surface area contributed by atoms with Gasteiger partial charge in [-0.25, -0.2) is 0 Å². The van der Waals surface area contributed by atoms with Gasteiger partial charge >= 0.3 is 10.1 Å². The maximum absolute atomic E-state index is 13.0. The Morgan fingerprint density at radius 1 is 0.714 bits per heavy atom. The highest BCUT2D eigenvalue weighted by Gasteiger charge is 2.21. The Bertz CT molecular complexity index is 1260. The molecule has 0 aromatic heterocycles. The summed E-state index contributed by atoms with van der Waals surface area (Å²) in [5.41, 5.74) is 1.11. The maximum Gasteiger partial charge on any atom is 0.339 e. The molecule has 0 spiro atoms. The molecule has 4 heteroatoms. The molecule has 0 saturated carbocycles. The minimum atomic E-state index is -3.96. The summed E-state index contributed by atoms with van der Waals surface area (Å²) >= 11 is 0. The van der Waals surface area contributed by atoms with Crippen molar-refractivity contribution in [3.05, 3.63) is 84.4 Å². The predicted octanol–water partition coefficient (Wildman–Crippen LogP) is 6.06. The molecule has 0 amide bonds. The van der Waals surface area contributed by atoms with E-state index in [-0.39, 0.29) is 10.3 Å². The van der Waals surface area contributed by atoms with E-state index in [2.05, 4.69) is 20.8 Å². The number of rotatable bonds is 3. The van der Waals surface area contributed by atoms with Crippen LogP contribution >= 0.6 is 0 Å². The first-order valence-corrected chi connectivity index (χ1v) is 10.6. The van der Waals surface area contributed by atoms with Crippen molar-refractivity contribution in [2.75, 3.05) is 0 Å². The summed E-state index contributed by atoms with van der Waals surface area (Å²) in [4.78, 5) is 0.177. The Labute approximate surface area is 165 Å². The Balaban J connectivity index is 1.77. The fraction of sp³-hybridized carbons (Fsp3) is 0.167. The van der Waals surface area contributed by atoms with Gasteiger partial charge in [-0.3, -0.25) is 0 Å². The van der Waals surface area contributed by atoms with Crippen LogP contribution in [0.2, 0.25) is 0 Å². The second-order valence-electron chi connectivity index (χ2n) is 7.99. The number of hydrogen-bond acceptors (Lipinski definition) is 3. The average molecular weight is 391 g/mol. The molecule has 0 N–H and O–H groups in total. The summed E-state index contributed by atoms with van der Waals surface area (Å²) in [7, 11) is -3.96. The van der Waals surface area contributed by atoms with Crippen LogP contribution in [0.5, 0.6) is 5.75 Å². The number of benzene rings is 4. The van der Waals surface area contributed by atoms with Crippen molar-refractivity contribution in [1.82, 2.24) is 0 Å². The van der Waals surface area contributed by atoms with Crippen LogP contribution < -0.4 is 4.18 Å². The molecule has 4 aromatic rings. The second-order valence-corrected chi connectivity index (χ2v) is 9.50. The van der Waals surface area contributed by atoms with Gasteiger partial charge in [0.05, 0.1) is 0 Å². The van der Waals surface area contributed by atoms with Crippen molar-refractivity contribution in [3.8, 4) is 5.75 Å². The van der Waals surface area contributed by atoms with E-state index >= 15 is 0 Å². The SMILES string of the molecule is CC(C)(C)c1ccc(OS(=O)(=O)c2cccc3cc4ccccc4cc23)cc1. The summed E-state index contributed by atoms with van der Waals surface area (Å²) in [5.74, 6) is 0.311. The molecule has 142 valence electrons. The van der Waals surface area contributed by atoms with Gasteiger partial charge in [0.2, 0.25) is 0 Å². The smallest absolute Gasteiger partial charge is 0.339 e. The van der Waals surface area contributed by atoms with Crippen molar-refractivity contribution < 1.29 is 12.6 Å². The van der Waals surface area contributed by atoms with Gasteiger partial charge in [-0.1, -0.05) is 69.3 Å². The minimum Gasteiger partial charge on any atom is -0.379 e. The normalized spacial score (nSPS) is 12.4. The predicted molar refractivity (Wildman–Crippen MR) is 114 cm³/mol. The lowest BCUT2D eigenvalue weighted by Crippen LogP contribution is -2.12. The number of hydrogen-bond donors (Lipinski definition) is 0. The number of fused-ring (bicyclic) bond motifs is 2. The van der Waals surface area contributed by atoms with Crippen LogP contribution in [0.1, 0.15) is 26.3 Å². The molecule has 0 saturated heterocycles. The van der Waals surface area contributed by atoms with E-state index in [0.717, 1.165) is 21.7 Å². The molecule has 0 aliphatic rings. The highest BCUT2D eigenvalue weighted by molar-refractivity contribution is 7.87. The summed E-state index contributed by atoms with van der Waals surface area (Å²) in [6.45, 7) is 6.33. The van der Waals surface area contributed by atoms with Crippen LogP contribution in [-0.4, -0.2) is 8.42 Å². The van der Waals surface area contributed by atoms with Gasteiger partial charge < -0.3 is 4.18 Å². The fourth-order valence-electron chi connectivity index (χ4n) is 3.34. The first-order chi connectivity index (χ1) is 13.2. The van der Waals surface area contributed by atoms with Crippen LogP contribution in [0.3, 0.4) is 0 Å². The quantitative estimate of drug-likeness (QED) is 0.315. The van der Waals surface area contributed by atoms with Gasteiger partial charge in [0, 0.05) is 5.39 Å². The lowest BCUT2D eigenvalue weighted by atomic mass is 9.87. The molecule has 0 aliphatic carbocycles. The second kappa shape index (κ2) is 6.64. The average Bonchev–Trinajstić information content (AvgIpc) is 2.65. The summed E-state index contributed by atoms with van der Waals surface area (Å²) in [6.07, 6.45) is 0. The first kappa shape index (κ1) is 18.5. The molecule has 3 nitrogen and oxygen atoms in total. The van der Waals surface area contributed by atoms with Crippen molar-refractivity contribution in [2.24, 2.45) is 0 Å². The monoisotopic (exact) mass is 390 g/mol. The van der Waals surface area contributed by atoms with Gasteiger partial charge in [-0.15, -0.1) is 0 Å². The van der Waals surface area contributed by atoms with Crippen LogP contribution in [0, 0.1) is 0 Å². The third-order valence-electron chi connectivity index (χ3n) is 4.90. The summed E-state index contributed by atoms with van der Waals surface area (Å²) in [5, 5.41) is 3.59. The Morgan fingerprint density at radius 3 is 1.96 bits per heavy atom. The van der Waals surface area contributed by atoms with Gasteiger partial charge in [0.1, 0.15) is 10.6 Å². The Hall–Kier alpha value is -2.85. The molecule has 0 fully saturated rings. The molecule has 0 radical (unpaired) electrons. The minimum absolute atomic E-state index is 0.00586. The summed E-state index contributed by atoms with van der Waals surface area (Å²) in [6, 6.07) is 24.3. The third kappa shape index (κ3) is 3.48. The lowest BCUT2D eigenvalue weighted by molar-refractivity contribution is 0.486. The van der Waals surface area contributed by atoms with E-state index in [4.69, 9.17) is 4.18 Å². The standard InChI is InChI=1S/C24H22O3S/c1-24(2,3)20-11-13-21(14-12-20)27-28(25,26)23-10-6-9-19-15-17-7-4-5-8-18(17)16-22(19)23/h4-16H,1-3H3. The molecule has 4 aromatic carbocycles. The largest absolute Gasteiger partial charge is 0.379 e. The molecule has 0 aliphatic heterocycles. The Kier molecular flexibility index (Phi) is 4.39. The van der Waals surface area contributed by atoms with Crippen LogP contribution in [0.25, 0.3) is 21.5 Å². The van der Waals surface area contributed by atoms with E-state index < -0.39 is 10.1 Å². The van der Waals surface area contributed by atoms with Gasteiger partial charge in [-0.2, -0.15) is 8.42 Å². The zero-order valence-electron chi connectivity index (χ0n) is 16.1. The molecule has 28 heavy (non-hydrogen) atoms. The van der Waals surface area contributed by atoms with Gasteiger partial charge in [-0.05, 0) is 57.5 Å². The van der Waals surface area contributed by atoms with E-state index in [1.807, 2.05) is 54.6 Å². The van der Waals surface area contributed by atoms with Crippen LogP contribution in [0.4, 0.5) is 0 Å². The molecular weight excluding hydrogens is 368 g/mol.